The molecule has 1 fully saturated rings. The van der Waals surface area contributed by atoms with E-state index in [2.05, 4.69) is 9.97 Å². The minimum atomic E-state index is -0.870. The Kier molecular flexibility index (Phi) is 4.09. The highest BCUT2D eigenvalue weighted by Gasteiger charge is 2.24. The molecule has 3 rings (SSSR count). The van der Waals surface area contributed by atoms with Gasteiger partial charge in [-0.25, -0.2) is 9.97 Å². The molecule has 1 saturated carbocycles. The Hall–Kier alpha value is -2.37. The van der Waals surface area contributed by atoms with E-state index < -0.39 is 11.9 Å². The molecule has 6 nitrogen and oxygen atoms in total. The van der Waals surface area contributed by atoms with Crippen molar-refractivity contribution in [2.24, 2.45) is 5.92 Å². The van der Waals surface area contributed by atoms with E-state index in [0.29, 0.717) is 23.9 Å². The number of carboxylic acids is 1. The van der Waals surface area contributed by atoms with E-state index in [4.69, 9.17) is 5.73 Å². The number of rotatable bonds is 6. The summed E-state index contributed by atoms with van der Waals surface area (Å²) in [4.78, 5) is 19.9. The van der Waals surface area contributed by atoms with E-state index in [1.807, 2.05) is 16.8 Å². The van der Waals surface area contributed by atoms with Gasteiger partial charge in [-0.3, -0.25) is 4.79 Å². The van der Waals surface area contributed by atoms with Crippen molar-refractivity contribution in [1.29, 1.82) is 0 Å². The van der Waals surface area contributed by atoms with Crippen molar-refractivity contribution in [2.45, 2.75) is 38.1 Å². The van der Waals surface area contributed by atoms with Gasteiger partial charge in [0, 0.05) is 18.9 Å². The number of hydrogen-bond acceptors (Lipinski definition) is 4. The molecule has 2 aromatic rings. The molecule has 3 N–H and O–H groups in total. The highest BCUT2D eigenvalue weighted by atomic mass is 16.4. The van der Waals surface area contributed by atoms with Crippen LogP contribution in [0.1, 0.15) is 36.4 Å². The third-order valence-electron chi connectivity index (χ3n) is 4.29. The zero-order chi connectivity index (χ0) is 15.5. The SMILES string of the molecule is Nc1ccc(CC(C(=O)O)c2cn(CC3CCC3)cn2)cn1. The summed E-state index contributed by atoms with van der Waals surface area (Å²) in [5.41, 5.74) is 7.00. The van der Waals surface area contributed by atoms with Gasteiger partial charge < -0.3 is 15.4 Å². The average molecular weight is 300 g/mol. The first-order valence-corrected chi connectivity index (χ1v) is 7.56. The number of carbonyl (C=O) groups is 1. The van der Waals surface area contributed by atoms with Crippen LogP contribution in [-0.4, -0.2) is 25.6 Å². The third kappa shape index (κ3) is 3.27. The maximum atomic E-state index is 11.6. The summed E-state index contributed by atoms with van der Waals surface area (Å²) >= 11 is 0. The normalized spacial score (nSPS) is 16.2. The highest BCUT2D eigenvalue weighted by Crippen LogP contribution is 2.28. The van der Waals surface area contributed by atoms with Crippen molar-refractivity contribution in [3.8, 4) is 0 Å². The zero-order valence-electron chi connectivity index (χ0n) is 12.4. The van der Waals surface area contributed by atoms with E-state index in [1.54, 1.807) is 18.6 Å². The topological polar surface area (TPSA) is 94.0 Å². The molecule has 1 unspecified atom stereocenters. The first-order valence-electron chi connectivity index (χ1n) is 7.56. The van der Waals surface area contributed by atoms with Gasteiger partial charge >= 0.3 is 5.97 Å². The van der Waals surface area contributed by atoms with Crippen LogP contribution in [0, 0.1) is 5.92 Å². The Morgan fingerprint density at radius 1 is 1.41 bits per heavy atom. The number of nitrogens with two attached hydrogens (primary N) is 1. The summed E-state index contributed by atoms with van der Waals surface area (Å²) in [6.07, 6.45) is 9.40. The summed E-state index contributed by atoms with van der Waals surface area (Å²) in [5, 5.41) is 9.50. The van der Waals surface area contributed by atoms with Gasteiger partial charge in [0.05, 0.1) is 12.0 Å². The molecule has 2 heterocycles. The van der Waals surface area contributed by atoms with Crippen molar-refractivity contribution in [3.05, 3.63) is 42.1 Å². The van der Waals surface area contributed by atoms with Crippen LogP contribution >= 0.6 is 0 Å². The molecule has 0 aliphatic heterocycles. The lowest BCUT2D eigenvalue weighted by Gasteiger charge is -2.25. The number of imidazole rings is 1. The maximum Gasteiger partial charge on any atom is 0.312 e. The molecule has 22 heavy (non-hydrogen) atoms. The van der Waals surface area contributed by atoms with E-state index in [1.165, 1.54) is 19.3 Å². The molecule has 1 aliphatic carbocycles. The van der Waals surface area contributed by atoms with Gasteiger partial charge in [0.25, 0.3) is 0 Å². The van der Waals surface area contributed by atoms with E-state index in [-0.39, 0.29) is 0 Å². The molecule has 0 spiro atoms. The largest absolute Gasteiger partial charge is 0.481 e. The second-order valence-electron chi connectivity index (χ2n) is 5.98. The summed E-state index contributed by atoms with van der Waals surface area (Å²) < 4.78 is 2.01. The molecule has 2 aromatic heterocycles. The van der Waals surface area contributed by atoms with Crippen LogP contribution in [0.2, 0.25) is 0 Å². The van der Waals surface area contributed by atoms with E-state index in [9.17, 15) is 9.90 Å². The Morgan fingerprint density at radius 3 is 2.82 bits per heavy atom. The lowest BCUT2D eigenvalue weighted by molar-refractivity contribution is -0.138. The van der Waals surface area contributed by atoms with Crippen molar-refractivity contribution in [2.75, 3.05) is 5.73 Å². The monoisotopic (exact) mass is 300 g/mol. The van der Waals surface area contributed by atoms with E-state index >= 15 is 0 Å². The van der Waals surface area contributed by atoms with Gasteiger partial charge in [0.15, 0.2) is 0 Å². The minimum Gasteiger partial charge on any atom is -0.481 e. The molecule has 1 aliphatic rings. The molecular weight excluding hydrogens is 280 g/mol. The van der Waals surface area contributed by atoms with Crippen molar-refractivity contribution in [1.82, 2.24) is 14.5 Å². The molecular formula is C16H20N4O2. The van der Waals surface area contributed by atoms with E-state index in [0.717, 1.165) is 12.1 Å². The van der Waals surface area contributed by atoms with Gasteiger partial charge in [-0.2, -0.15) is 0 Å². The molecule has 1 atom stereocenters. The van der Waals surface area contributed by atoms with Crippen LogP contribution in [0.15, 0.2) is 30.9 Å². The van der Waals surface area contributed by atoms with Crippen LogP contribution in [0.3, 0.4) is 0 Å². The van der Waals surface area contributed by atoms with Crippen LogP contribution in [0.4, 0.5) is 5.82 Å². The Morgan fingerprint density at radius 2 is 2.23 bits per heavy atom. The number of nitrogen functional groups attached to an aromatic ring is 1. The van der Waals surface area contributed by atoms with Crippen LogP contribution < -0.4 is 5.73 Å². The molecule has 0 radical (unpaired) electrons. The van der Waals surface area contributed by atoms with Crippen molar-refractivity contribution in [3.63, 3.8) is 0 Å². The summed E-state index contributed by atoms with van der Waals surface area (Å²) in [5.74, 6) is -0.384. The first-order chi connectivity index (χ1) is 10.6. The highest BCUT2D eigenvalue weighted by molar-refractivity contribution is 5.75. The molecule has 0 aromatic carbocycles. The number of pyridine rings is 1. The minimum absolute atomic E-state index is 0.364. The molecule has 0 bridgehead atoms. The van der Waals surface area contributed by atoms with Crippen LogP contribution in [0.5, 0.6) is 0 Å². The average Bonchev–Trinajstić information content (AvgIpc) is 2.90. The smallest absolute Gasteiger partial charge is 0.312 e. The summed E-state index contributed by atoms with van der Waals surface area (Å²) in [7, 11) is 0. The molecule has 116 valence electrons. The Balaban J connectivity index is 1.72. The maximum absolute atomic E-state index is 11.6. The van der Waals surface area contributed by atoms with Gasteiger partial charge in [-0.15, -0.1) is 0 Å². The Labute approximate surface area is 129 Å². The summed E-state index contributed by atoms with van der Waals surface area (Å²) in [6.45, 7) is 0.933. The molecule has 0 amide bonds. The quantitative estimate of drug-likeness (QED) is 0.851. The fraction of sp³-hybridized carbons (Fsp3) is 0.438. The zero-order valence-corrected chi connectivity index (χ0v) is 12.4. The number of anilines is 1. The Bertz CT molecular complexity index is 646. The standard InChI is InChI=1S/C16H20N4O2/c17-15-5-4-12(7-18-15)6-13(16(21)22)14-9-20(10-19-14)8-11-2-1-3-11/h4-5,7,9-11,13H,1-3,6,8H2,(H2,17,18)(H,21,22). The number of hydrogen-bond donors (Lipinski definition) is 2. The molecule has 6 heteroatoms. The van der Waals surface area contributed by atoms with Gasteiger partial charge in [0.1, 0.15) is 11.7 Å². The van der Waals surface area contributed by atoms with Crippen LogP contribution in [-0.2, 0) is 17.8 Å². The first kappa shape index (κ1) is 14.6. The summed E-state index contributed by atoms with van der Waals surface area (Å²) in [6, 6.07) is 3.49. The number of aromatic nitrogens is 3. The van der Waals surface area contributed by atoms with Crippen LogP contribution in [0.25, 0.3) is 0 Å². The fourth-order valence-corrected chi connectivity index (χ4v) is 2.74. The number of carboxylic acid groups (broad SMARTS) is 1. The van der Waals surface area contributed by atoms with Gasteiger partial charge in [-0.1, -0.05) is 12.5 Å². The molecule has 0 saturated heterocycles. The third-order valence-corrected chi connectivity index (χ3v) is 4.29. The van der Waals surface area contributed by atoms with Crippen molar-refractivity contribution >= 4 is 11.8 Å². The lowest BCUT2D eigenvalue weighted by atomic mass is 9.85. The number of nitrogens with zero attached hydrogens (tertiary/aromatic N) is 3. The van der Waals surface area contributed by atoms with Gasteiger partial charge in [0.2, 0.25) is 0 Å². The second kappa shape index (κ2) is 6.17. The fourth-order valence-electron chi connectivity index (χ4n) is 2.74. The number of aliphatic carboxylic acids is 1. The second-order valence-corrected chi connectivity index (χ2v) is 5.98. The predicted octanol–water partition coefficient (Wildman–Crippen LogP) is 2.07. The van der Waals surface area contributed by atoms with Crippen molar-refractivity contribution < 1.29 is 9.90 Å². The van der Waals surface area contributed by atoms with Gasteiger partial charge in [-0.05, 0) is 36.8 Å². The lowest BCUT2D eigenvalue weighted by Crippen LogP contribution is -2.17. The predicted molar refractivity (Wildman–Crippen MR) is 82.3 cm³/mol.